The van der Waals surface area contributed by atoms with Crippen LogP contribution in [0.25, 0.3) is 0 Å². The number of aromatic nitrogens is 2. The molecule has 0 aromatic carbocycles. The van der Waals surface area contributed by atoms with Crippen molar-refractivity contribution in [1.82, 2.24) is 15.1 Å². The molecule has 92 valence electrons. The Morgan fingerprint density at radius 3 is 3.06 bits per heavy atom. The normalized spacial score (nSPS) is 10.9. The summed E-state index contributed by atoms with van der Waals surface area (Å²) in [6.45, 7) is 6.75. The molecule has 0 bridgehead atoms. The van der Waals surface area contributed by atoms with E-state index >= 15 is 0 Å². The quantitative estimate of drug-likeness (QED) is 0.779. The van der Waals surface area contributed by atoms with Gasteiger partial charge in [-0.1, -0.05) is 6.92 Å². The zero-order valence-corrected chi connectivity index (χ0v) is 10.4. The summed E-state index contributed by atoms with van der Waals surface area (Å²) >= 11 is 0. The highest BCUT2D eigenvalue weighted by Gasteiger charge is 2.03. The first-order valence-electron chi connectivity index (χ1n) is 6.05. The summed E-state index contributed by atoms with van der Waals surface area (Å²) in [6, 6.07) is 4.08. The topological polar surface area (TPSA) is 43.0 Å². The maximum absolute atomic E-state index is 5.51. The maximum atomic E-state index is 5.51. The predicted molar refractivity (Wildman–Crippen MR) is 66.8 cm³/mol. The van der Waals surface area contributed by atoms with Crippen LogP contribution in [-0.2, 0) is 13.1 Å². The number of nitrogens with one attached hydrogen (secondary N) is 1. The van der Waals surface area contributed by atoms with Crippen LogP contribution in [0.1, 0.15) is 30.4 Å². The minimum absolute atomic E-state index is 0.696. The zero-order chi connectivity index (χ0) is 12.1. The van der Waals surface area contributed by atoms with Gasteiger partial charge in [-0.15, -0.1) is 0 Å². The Labute approximate surface area is 102 Å². The van der Waals surface area contributed by atoms with Crippen LogP contribution in [0.2, 0.25) is 0 Å². The smallest absolute Gasteiger partial charge is 0.125 e. The van der Waals surface area contributed by atoms with Crippen molar-refractivity contribution < 1.29 is 4.42 Å². The van der Waals surface area contributed by atoms with Gasteiger partial charge in [0.2, 0.25) is 0 Å². The Hall–Kier alpha value is -1.55. The van der Waals surface area contributed by atoms with Crippen molar-refractivity contribution in [2.75, 3.05) is 6.54 Å². The molecule has 4 nitrogen and oxygen atoms in total. The van der Waals surface area contributed by atoms with Crippen LogP contribution in [0.15, 0.2) is 29.0 Å². The van der Waals surface area contributed by atoms with Gasteiger partial charge in [-0.25, -0.2) is 0 Å². The maximum Gasteiger partial charge on any atom is 0.125 e. The molecular formula is C13H19N3O. The second-order valence-electron chi connectivity index (χ2n) is 4.25. The van der Waals surface area contributed by atoms with Gasteiger partial charge in [-0.05, 0) is 32.0 Å². The SMILES string of the molecule is CCCNCc1coc(Cn2ccc(C)n2)c1. The van der Waals surface area contributed by atoms with Crippen LogP contribution in [0, 0.1) is 6.92 Å². The monoisotopic (exact) mass is 233 g/mol. The first kappa shape index (κ1) is 11.9. The Bertz CT molecular complexity index is 459. The van der Waals surface area contributed by atoms with Gasteiger partial charge >= 0.3 is 0 Å². The molecule has 17 heavy (non-hydrogen) atoms. The standard InChI is InChI=1S/C13H19N3O/c1-3-5-14-8-12-7-13(17-10-12)9-16-6-4-11(2)15-16/h4,6-7,10,14H,3,5,8-9H2,1-2H3. The lowest BCUT2D eigenvalue weighted by molar-refractivity contribution is 0.477. The van der Waals surface area contributed by atoms with Gasteiger partial charge in [0.1, 0.15) is 5.76 Å². The number of furan rings is 1. The molecule has 0 aliphatic carbocycles. The lowest BCUT2D eigenvalue weighted by atomic mass is 10.3. The van der Waals surface area contributed by atoms with Crippen molar-refractivity contribution in [3.05, 3.63) is 41.6 Å². The molecule has 2 heterocycles. The minimum Gasteiger partial charge on any atom is -0.467 e. The van der Waals surface area contributed by atoms with Gasteiger partial charge in [0.05, 0.1) is 18.5 Å². The van der Waals surface area contributed by atoms with E-state index in [-0.39, 0.29) is 0 Å². The van der Waals surface area contributed by atoms with Gasteiger partial charge in [-0.3, -0.25) is 4.68 Å². The molecule has 4 heteroatoms. The van der Waals surface area contributed by atoms with Crippen LogP contribution < -0.4 is 5.32 Å². The number of hydrogen-bond acceptors (Lipinski definition) is 3. The van der Waals surface area contributed by atoms with Crippen molar-refractivity contribution in [1.29, 1.82) is 0 Å². The van der Waals surface area contributed by atoms with E-state index in [1.807, 2.05) is 30.1 Å². The van der Waals surface area contributed by atoms with Crippen molar-refractivity contribution in [2.24, 2.45) is 0 Å². The van der Waals surface area contributed by atoms with Crippen molar-refractivity contribution in [3.8, 4) is 0 Å². The molecule has 0 atom stereocenters. The van der Waals surface area contributed by atoms with Crippen LogP contribution in [0.4, 0.5) is 0 Å². The van der Waals surface area contributed by atoms with Crippen molar-refractivity contribution >= 4 is 0 Å². The van der Waals surface area contributed by atoms with Gasteiger partial charge < -0.3 is 9.73 Å². The fraction of sp³-hybridized carbons (Fsp3) is 0.462. The average Bonchev–Trinajstić information content (AvgIpc) is 2.90. The highest BCUT2D eigenvalue weighted by Crippen LogP contribution is 2.09. The number of hydrogen-bond donors (Lipinski definition) is 1. The Balaban J connectivity index is 1.89. The molecule has 0 aliphatic heterocycles. The number of aryl methyl sites for hydroxylation is 1. The number of nitrogens with zero attached hydrogens (tertiary/aromatic N) is 2. The van der Waals surface area contributed by atoms with Crippen LogP contribution in [-0.4, -0.2) is 16.3 Å². The highest BCUT2D eigenvalue weighted by molar-refractivity contribution is 5.13. The molecule has 0 fully saturated rings. The first-order valence-corrected chi connectivity index (χ1v) is 6.05. The summed E-state index contributed by atoms with van der Waals surface area (Å²) in [5, 5.41) is 7.68. The zero-order valence-electron chi connectivity index (χ0n) is 10.4. The number of rotatable bonds is 6. The van der Waals surface area contributed by atoms with Crippen LogP contribution in [0.5, 0.6) is 0 Å². The van der Waals surface area contributed by atoms with E-state index in [4.69, 9.17) is 4.42 Å². The molecule has 2 rings (SSSR count). The molecule has 0 unspecified atom stereocenters. The van der Waals surface area contributed by atoms with Gasteiger partial charge in [0, 0.05) is 18.3 Å². The molecule has 2 aromatic heterocycles. The van der Waals surface area contributed by atoms with E-state index in [0.717, 1.165) is 31.0 Å². The summed E-state index contributed by atoms with van der Waals surface area (Å²) in [7, 11) is 0. The summed E-state index contributed by atoms with van der Waals surface area (Å²) in [4.78, 5) is 0. The molecule has 0 radical (unpaired) electrons. The second kappa shape index (κ2) is 5.68. The van der Waals surface area contributed by atoms with E-state index in [2.05, 4.69) is 23.4 Å². The first-order chi connectivity index (χ1) is 8.28. The summed E-state index contributed by atoms with van der Waals surface area (Å²) in [5.74, 6) is 0.946. The molecule has 2 aromatic rings. The van der Waals surface area contributed by atoms with Gasteiger partial charge in [0.15, 0.2) is 0 Å². The molecule has 0 saturated carbocycles. The Kier molecular flexibility index (Phi) is 3.98. The van der Waals surface area contributed by atoms with Crippen molar-refractivity contribution in [3.63, 3.8) is 0 Å². The third-order valence-electron chi connectivity index (χ3n) is 2.56. The lowest BCUT2D eigenvalue weighted by Crippen LogP contribution is -2.13. The lowest BCUT2D eigenvalue weighted by Gasteiger charge is -1.98. The van der Waals surface area contributed by atoms with E-state index in [9.17, 15) is 0 Å². The fourth-order valence-electron chi connectivity index (χ4n) is 1.72. The molecule has 0 spiro atoms. The van der Waals surface area contributed by atoms with Crippen LogP contribution in [0.3, 0.4) is 0 Å². The van der Waals surface area contributed by atoms with Gasteiger partial charge in [-0.2, -0.15) is 5.10 Å². The summed E-state index contributed by atoms with van der Waals surface area (Å²) in [6.07, 6.45) is 4.93. The second-order valence-corrected chi connectivity index (χ2v) is 4.25. The predicted octanol–water partition coefficient (Wildman–Crippen LogP) is 2.33. The Morgan fingerprint density at radius 2 is 2.35 bits per heavy atom. The molecule has 0 saturated heterocycles. The van der Waals surface area contributed by atoms with E-state index in [1.165, 1.54) is 5.56 Å². The third kappa shape index (κ3) is 3.46. The van der Waals surface area contributed by atoms with E-state index in [0.29, 0.717) is 6.54 Å². The van der Waals surface area contributed by atoms with E-state index < -0.39 is 0 Å². The van der Waals surface area contributed by atoms with Crippen LogP contribution >= 0.6 is 0 Å². The highest BCUT2D eigenvalue weighted by atomic mass is 16.3. The fourth-order valence-corrected chi connectivity index (χ4v) is 1.72. The van der Waals surface area contributed by atoms with Gasteiger partial charge in [0.25, 0.3) is 0 Å². The van der Waals surface area contributed by atoms with Crippen molar-refractivity contribution in [2.45, 2.75) is 33.4 Å². The largest absolute Gasteiger partial charge is 0.467 e. The Morgan fingerprint density at radius 1 is 1.47 bits per heavy atom. The summed E-state index contributed by atoms with van der Waals surface area (Å²) < 4.78 is 7.39. The molecule has 0 amide bonds. The molecule has 0 aliphatic rings. The minimum atomic E-state index is 0.696. The average molecular weight is 233 g/mol. The summed E-state index contributed by atoms with van der Waals surface area (Å²) in [5.41, 5.74) is 2.22. The van der Waals surface area contributed by atoms with E-state index in [1.54, 1.807) is 0 Å². The third-order valence-corrected chi connectivity index (χ3v) is 2.56. The molecular weight excluding hydrogens is 214 g/mol. The molecule has 1 N–H and O–H groups in total.